The molecule has 1 aliphatic rings. The summed E-state index contributed by atoms with van der Waals surface area (Å²) in [4.78, 5) is 21.6. The Morgan fingerprint density at radius 1 is 1.10 bits per heavy atom. The molecule has 2 aromatic carbocycles. The van der Waals surface area contributed by atoms with Gasteiger partial charge in [-0.3, -0.25) is 9.36 Å². The van der Waals surface area contributed by atoms with E-state index in [0.29, 0.717) is 27.8 Å². The Morgan fingerprint density at radius 3 is 2.70 bits per heavy atom. The molecule has 1 saturated carbocycles. The lowest BCUT2D eigenvalue weighted by Gasteiger charge is -2.11. The molecule has 0 spiro atoms. The molecule has 5 rings (SSSR count). The SMILES string of the molecule is [C-]#[N+]c1ccccc1CSc1nnc2c3ccccc3n(C(=O)C3CCCC3)c2n1. The van der Waals surface area contributed by atoms with Crippen LogP contribution in [0.1, 0.15) is 36.0 Å². The molecule has 6 nitrogen and oxygen atoms in total. The van der Waals surface area contributed by atoms with Crippen LogP contribution in [0.3, 0.4) is 0 Å². The molecule has 4 aromatic rings. The van der Waals surface area contributed by atoms with Crippen molar-refractivity contribution in [2.45, 2.75) is 36.6 Å². The molecule has 0 saturated heterocycles. The molecule has 1 fully saturated rings. The van der Waals surface area contributed by atoms with Gasteiger partial charge in [-0.05, 0) is 24.5 Å². The van der Waals surface area contributed by atoms with Crippen molar-refractivity contribution in [1.82, 2.24) is 19.7 Å². The first-order valence-electron chi connectivity index (χ1n) is 10.0. The predicted octanol–water partition coefficient (Wildman–Crippen LogP) is 5.65. The number of fused-ring (bicyclic) bond motifs is 3. The number of nitrogens with zero attached hydrogens (tertiary/aromatic N) is 5. The normalized spacial score (nSPS) is 14.4. The predicted molar refractivity (Wildman–Crippen MR) is 118 cm³/mol. The van der Waals surface area contributed by atoms with Crippen LogP contribution in [0, 0.1) is 12.5 Å². The number of benzene rings is 2. The van der Waals surface area contributed by atoms with Gasteiger partial charge in [0, 0.05) is 17.1 Å². The summed E-state index contributed by atoms with van der Waals surface area (Å²) < 4.78 is 1.74. The zero-order valence-electron chi connectivity index (χ0n) is 16.3. The van der Waals surface area contributed by atoms with Crippen molar-refractivity contribution in [1.29, 1.82) is 0 Å². The van der Waals surface area contributed by atoms with Crippen molar-refractivity contribution >= 4 is 45.4 Å². The van der Waals surface area contributed by atoms with E-state index in [4.69, 9.17) is 11.6 Å². The second kappa shape index (κ2) is 7.88. The minimum atomic E-state index is 0.0422. The van der Waals surface area contributed by atoms with E-state index < -0.39 is 0 Å². The van der Waals surface area contributed by atoms with Crippen LogP contribution >= 0.6 is 11.8 Å². The van der Waals surface area contributed by atoms with Crippen molar-refractivity contribution < 1.29 is 4.79 Å². The standard InChI is InChI=1S/C23H19N5OS/c1-24-18-12-6-4-10-16(18)14-30-23-25-21-20(26-27-23)17-11-5-7-13-19(17)28(21)22(29)15-8-2-3-9-15/h4-7,10-13,15H,2-3,8-9,14H2. The average molecular weight is 414 g/mol. The van der Waals surface area contributed by atoms with Gasteiger partial charge in [0.1, 0.15) is 5.52 Å². The van der Waals surface area contributed by atoms with Gasteiger partial charge in [0.15, 0.2) is 11.3 Å². The minimum Gasteiger partial charge on any atom is -0.274 e. The molecule has 0 radical (unpaired) electrons. The summed E-state index contributed by atoms with van der Waals surface area (Å²) in [5, 5.41) is 10.1. The van der Waals surface area contributed by atoms with Gasteiger partial charge in [-0.25, -0.2) is 9.83 Å². The number of hydrogen-bond acceptors (Lipinski definition) is 5. The molecule has 0 unspecified atom stereocenters. The van der Waals surface area contributed by atoms with E-state index in [1.54, 1.807) is 4.57 Å². The molecule has 0 N–H and O–H groups in total. The number of rotatable bonds is 4. The smallest absolute Gasteiger partial charge is 0.235 e. The summed E-state index contributed by atoms with van der Waals surface area (Å²) in [6, 6.07) is 15.3. The highest BCUT2D eigenvalue weighted by atomic mass is 32.2. The van der Waals surface area contributed by atoms with Gasteiger partial charge >= 0.3 is 0 Å². The van der Waals surface area contributed by atoms with Crippen LogP contribution in [-0.4, -0.2) is 25.7 Å². The highest BCUT2D eigenvalue weighted by Gasteiger charge is 2.28. The highest BCUT2D eigenvalue weighted by molar-refractivity contribution is 7.98. The molecule has 2 aromatic heterocycles. The minimum absolute atomic E-state index is 0.0422. The Balaban J connectivity index is 1.56. The fourth-order valence-electron chi connectivity index (χ4n) is 4.14. The molecule has 148 valence electrons. The second-order valence-corrected chi connectivity index (χ2v) is 8.41. The summed E-state index contributed by atoms with van der Waals surface area (Å²) >= 11 is 1.43. The first kappa shape index (κ1) is 18.8. The molecule has 2 heterocycles. The summed E-state index contributed by atoms with van der Waals surface area (Å²) in [6.07, 6.45) is 4.06. The fourth-order valence-corrected chi connectivity index (χ4v) is 4.92. The number of carbonyl (C=O) groups excluding carboxylic acids is 1. The summed E-state index contributed by atoms with van der Waals surface area (Å²) in [5.41, 5.74) is 3.63. The maximum Gasteiger partial charge on any atom is 0.235 e. The van der Waals surface area contributed by atoms with Crippen LogP contribution in [0.25, 0.3) is 26.9 Å². The van der Waals surface area contributed by atoms with Crippen LogP contribution in [0.5, 0.6) is 0 Å². The Bertz CT molecular complexity index is 1300. The number of aromatic nitrogens is 4. The maximum absolute atomic E-state index is 13.3. The molecule has 0 bridgehead atoms. The van der Waals surface area contributed by atoms with E-state index in [-0.39, 0.29) is 11.8 Å². The lowest BCUT2D eigenvalue weighted by atomic mass is 10.1. The van der Waals surface area contributed by atoms with Crippen molar-refractivity contribution in [2.24, 2.45) is 5.92 Å². The Hall–Kier alpha value is -3.24. The van der Waals surface area contributed by atoms with E-state index in [2.05, 4.69) is 15.0 Å². The third-order valence-electron chi connectivity index (χ3n) is 5.65. The number of para-hydroxylation sites is 2. The third kappa shape index (κ3) is 3.23. The van der Waals surface area contributed by atoms with Crippen molar-refractivity contribution in [3.05, 3.63) is 65.5 Å². The first-order chi connectivity index (χ1) is 14.8. The summed E-state index contributed by atoms with van der Waals surface area (Å²) in [7, 11) is 0. The molecular formula is C23H19N5OS. The Morgan fingerprint density at radius 2 is 1.87 bits per heavy atom. The number of carbonyl (C=O) groups is 1. The van der Waals surface area contributed by atoms with Gasteiger partial charge in [-0.15, -0.1) is 10.2 Å². The van der Waals surface area contributed by atoms with E-state index in [9.17, 15) is 4.79 Å². The molecule has 0 atom stereocenters. The molecule has 0 amide bonds. The monoisotopic (exact) mass is 413 g/mol. The average Bonchev–Trinajstić information content (AvgIpc) is 3.44. The first-order valence-corrected chi connectivity index (χ1v) is 11.0. The van der Waals surface area contributed by atoms with Crippen LogP contribution in [0.2, 0.25) is 0 Å². The zero-order valence-corrected chi connectivity index (χ0v) is 17.1. The lowest BCUT2D eigenvalue weighted by molar-refractivity contribution is 0.0847. The van der Waals surface area contributed by atoms with Crippen LogP contribution < -0.4 is 0 Å². The van der Waals surface area contributed by atoms with E-state index in [1.165, 1.54) is 11.8 Å². The summed E-state index contributed by atoms with van der Waals surface area (Å²) in [5.74, 6) is 0.719. The second-order valence-electron chi connectivity index (χ2n) is 7.47. The van der Waals surface area contributed by atoms with Gasteiger partial charge in [0.2, 0.25) is 11.1 Å². The van der Waals surface area contributed by atoms with E-state index >= 15 is 0 Å². The van der Waals surface area contributed by atoms with E-state index in [1.807, 2.05) is 48.5 Å². The highest BCUT2D eigenvalue weighted by Crippen LogP contribution is 2.33. The van der Waals surface area contributed by atoms with Gasteiger partial charge in [0.05, 0.1) is 12.1 Å². The van der Waals surface area contributed by atoms with Crippen molar-refractivity contribution in [3.63, 3.8) is 0 Å². The quantitative estimate of drug-likeness (QED) is 0.319. The number of thioether (sulfide) groups is 1. The van der Waals surface area contributed by atoms with E-state index in [0.717, 1.165) is 42.1 Å². The molecule has 30 heavy (non-hydrogen) atoms. The molecule has 7 heteroatoms. The van der Waals surface area contributed by atoms with Crippen LogP contribution in [0.15, 0.2) is 53.7 Å². The van der Waals surface area contributed by atoms with Gasteiger partial charge < -0.3 is 0 Å². The third-order valence-corrected chi connectivity index (χ3v) is 6.54. The van der Waals surface area contributed by atoms with Crippen molar-refractivity contribution in [2.75, 3.05) is 0 Å². The fraction of sp³-hybridized carbons (Fsp3) is 0.261. The molecule has 1 aliphatic carbocycles. The Labute approximate surface area is 178 Å². The molecule has 0 aliphatic heterocycles. The van der Waals surface area contributed by atoms with Gasteiger partial charge in [-0.2, -0.15) is 0 Å². The lowest BCUT2D eigenvalue weighted by Crippen LogP contribution is -2.19. The number of hydrogen-bond donors (Lipinski definition) is 0. The van der Waals surface area contributed by atoms with Crippen molar-refractivity contribution in [3.8, 4) is 0 Å². The van der Waals surface area contributed by atoms with Crippen LogP contribution in [0.4, 0.5) is 5.69 Å². The topological polar surface area (TPSA) is 65.0 Å². The largest absolute Gasteiger partial charge is 0.274 e. The maximum atomic E-state index is 13.3. The Kier molecular flexibility index (Phi) is 4.93. The van der Waals surface area contributed by atoms with Crippen LogP contribution in [-0.2, 0) is 5.75 Å². The molecular weight excluding hydrogens is 394 g/mol. The summed E-state index contributed by atoms with van der Waals surface area (Å²) in [6.45, 7) is 7.33. The van der Waals surface area contributed by atoms with Gasteiger partial charge in [-0.1, -0.05) is 67.1 Å². The van der Waals surface area contributed by atoms with Gasteiger partial charge in [0.25, 0.3) is 0 Å². The zero-order chi connectivity index (χ0) is 20.5.